The van der Waals surface area contributed by atoms with E-state index in [4.69, 9.17) is 4.74 Å². The molecule has 1 atom stereocenters. The predicted molar refractivity (Wildman–Crippen MR) is 73.2 cm³/mol. The van der Waals surface area contributed by atoms with Crippen molar-refractivity contribution in [1.82, 2.24) is 5.32 Å². The Kier molecular flexibility index (Phi) is 4.62. The maximum Gasteiger partial charge on any atom is 0.341 e. The SMILES string of the molecule is CCOC(=O)c1ccsc1NC(=O)C1CSCN1. The molecular formula is C11H14N2O3S2. The molecule has 98 valence electrons. The number of ether oxygens (including phenoxy) is 1. The molecule has 5 nitrogen and oxygen atoms in total. The summed E-state index contributed by atoms with van der Waals surface area (Å²) in [6.45, 7) is 2.07. The first-order chi connectivity index (χ1) is 8.72. The first-order valence-electron chi connectivity index (χ1n) is 5.59. The van der Waals surface area contributed by atoms with Crippen LogP contribution >= 0.6 is 23.1 Å². The molecule has 1 saturated heterocycles. The molecule has 0 radical (unpaired) electrons. The fourth-order valence-electron chi connectivity index (χ4n) is 1.54. The van der Waals surface area contributed by atoms with Crippen molar-refractivity contribution >= 4 is 40.0 Å². The fourth-order valence-corrected chi connectivity index (χ4v) is 3.26. The van der Waals surface area contributed by atoms with Crippen molar-refractivity contribution in [3.63, 3.8) is 0 Å². The van der Waals surface area contributed by atoms with E-state index < -0.39 is 5.97 Å². The number of esters is 1. The lowest BCUT2D eigenvalue weighted by atomic mass is 10.3. The van der Waals surface area contributed by atoms with E-state index in [1.807, 2.05) is 0 Å². The number of carbonyl (C=O) groups excluding carboxylic acids is 2. The summed E-state index contributed by atoms with van der Waals surface area (Å²) >= 11 is 3.01. The lowest BCUT2D eigenvalue weighted by molar-refractivity contribution is -0.117. The molecule has 2 N–H and O–H groups in total. The zero-order valence-electron chi connectivity index (χ0n) is 9.89. The Morgan fingerprint density at radius 2 is 2.44 bits per heavy atom. The van der Waals surface area contributed by atoms with Gasteiger partial charge >= 0.3 is 5.97 Å². The van der Waals surface area contributed by atoms with Crippen LogP contribution in [0.3, 0.4) is 0 Å². The average molecular weight is 286 g/mol. The molecule has 1 aromatic rings. The molecule has 2 rings (SSSR count). The summed E-state index contributed by atoms with van der Waals surface area (Å²) in [4.78, 5) is 23.6. The highest BCUT2D eigenvalue weighted by Gasteiger charge is 2.24. The van der Waals surface area contributed by atoms with Gasteiger partial charge in [-0.15, -0.1) is 23.1 Å². The highest BCUT2D eigenvalue weighted by molar-refractivity contribution is 7.99. The Morgan fingerprint density at radius 1 is 1.61 bits per heavy atom. The molecule has 1 aliphatic rings. The van der Waals surface area contributed by atoms with Crippen molar-refractivity contribution in [1.29, 1.82) is 0 Å². The lowest BCUT2D eigenvalue weighted by Crippen LogP contribution is -2.37. The summed E-state index contributed by atoms with van der Waals surface area (Å²) in [6.07, 6.45) is 0. The van der Waals surface area contributed by atoms with Gasteiger partial charge in [-0.2, -0.15) is 0 Å². The van der Waals surface area contributed by atoms with Crippen LogP contribution in [0.5, 0.6) is 0 Å². The van der Waals surface area contributed by atoms with Crippen molar-refractivity contribution in [3.05, 3.63) is 17.0 Å². The standard InChI is InChI=1S/C11H14N2O3S2/c1-2-16-11(15)7-3-4-18-10(7)13-9(14)8-5-17-6-12-8/h3-4,8,12H,2,5-6H2,1H3,(H,13,14). The van der Waals surface area contributed by atoms with E-state index in [0.717, 1.165) is 11.6 Å². The van der Waals surface area contributed by atoms with E-state index in [2.05, 4.69) is 10.6 Å². The highest BCUT2D eigenvalue weighted by atomic mass is 32.2. The number of nitrogens with one attached hydrogen (secondary N) is 2. The van der Waals surface area contributed by atoms with Gasteiger partial charge in [-0.3, -0.25) is 10.1 Å². The average Bonchev–Trinajstić information content (AvgIpc) is 2.99. The van der Waals surface area contributed by atoms with Crippen LogP contribution in [0.15, 0.2) is 11.4 Å². The smallest absolute Gasteiger partial charge is 0.341 e. The Bertz CT molecular complexity index is 441. The number of thioether (sulfide) groups is 1. The van der Waals surface area contributed by atoms with Crippen LogP contribution in [-0.4, -0.2) is 36.2 Å². The van der Waals surface area contributed by atoms with Gasteiger partial charge < -0.3 is 10.1 Å². The number of hydrogen-bond donors (Lipinski definition) is 2. The predicted octanol–water partition coefficient (Wildman–Crippen LogP) is 1.53. The van der Waals surface area contributed by atoms with Gasteiger partial charge in [0.05, 0.1) is 18.2 Å². The molecule has 0 aliphatic carbocycles. The number of hydrogen-bond acceptors (Lipinski definition) is 6. The van der Waals surface area contributed by atoms with Gasteiger partial charge in [0.15, 0.2) is 0 Å². The minimum atomic E-state index is -0.400. The van der Waals surface area contributed by atoms with Crippen molar-refractivity contribution in [2.24, 2.45) is 0 Å². The van der Waals surface area contributed by atoms with Gasteiger partial charge in [-0.05, 0) is 18.4 Å². The van der Waals surface area contributed by atoms with Gasteiger partial charge in [0, 0.05) is 11.6 Å². The second-order valence-electron chi connectivity index (χ2n) is 3.64. The second kappa shape index (κ2) is 6.21. The molecule has 7 heteroatoms. The topological polar surface area (TPSA) is 67.4 Å². The molecule has 0 spiro atoms. The van der Waals surface area contributed by atoms with Crippen molar-refractivity contribution in [3.8, 4) is 0 Å². The number of anilines is 1. The first-order valence-corrected chi connectivity index (χ1v) is 7.62. The van der Waals surface area contributed by atoms with E-state index >= 15 is 0 Å². The Morgan fingerprint density at radius 3 is 3.11 bits per heavy atom. The molecule has 0 aromatic carbocycles. The summed E-state index contributed by atoms with van der Waals surface area (Å²) in [5.41, 5.74) is 0.417. The minimum absolute atomic E-state index is 0.104. The minimum Gasteiger partial charge on any atom is -0.462 e. The monoisotopic (exact) mass is 286 g/mol. The fraction of sp³-hybridized carbons (Fsp3) is 0.455. The maximum atomic E-state index is 11.9. The largest absolute Gasteiger partial charge is 0.462 e. The van der Waals surface area contributed by atoms with E-state index in [-0.39, 0.29) is 11.9 Å². The molecule has 0 saturated carbocycles. The molecule has 1 amide bonds. The first kappa shape index (κ1) is 13.4. The molecule has 0 bridgehead atoms. The quantitative estimate of drug-likeness (QED) is 0.822. The zero-order chi connectivity index (χ0) is 13.0. The van der Waals surface area contributed by atoms with E-state index in [1.54, 1.807) is 30.1 Å². The van der Waals surface area contributed by atoms with Crippen LogP contribution in [0.4, 0.5) is 5.00 Å². The molecule has 1 unspecified atom stereocenters. The van der Waals surface area contributed by atoms with E-state index in [1.165, 1.54) is 11.3 Å². The summed E-state index contributed by atoms with van der Waals surface area (Å²) in [7, 11) is 0. The summed E-state index contributed by atoms with van der Waals surface area (Å²) in [5, 5.41) is 8.17. The van der Waals surface area contributed by atoms with Crippen molar-refractivity contribution in [2.45, 2.75) is 13.0 Å². The molecule has 1 fully saturated rings. The van der Waals surface area contributed by atoms with Crippen molar-refractivity contribution in [2.75, 3.05) is 23.6 Å². The third-order valence-electron chi connectivity index (χ3n) is 2.43. The van der Waals surface area contributed by atoms with Crippen LogP contribution in [0, 0.1) is 0 Å². The van der Waals surface area contributed by atoms with Crippen LogP contribution in [0.1, 0.15) is 17.3 Å². The number of carbonyl (C=O) groups is 2. The molecule has 1 aromatic heterocycles. The normalized spacial score (nSPS) is 18.6. The van der Waals surface area contributed by atoms with Gasteiger partial charge in [0.25, 0.3) is 0 Å². The van der Waals surface area contributed by atoms with Gasteiger partial charge in [-0.1, -0.05) is 0 Å². The molecule has 18 heavy (non-hydrogen) atoms. The second-order valence-corrected chi connectivity index (χ2v) is 5.59. The number of amides is 1. The van der Waals surface area contributed by atoms with E-state index in [0.29, 0.717) is 17.2 Å². The Labute approximate surface area is 113 Å². The Hall–Kier alpha value is -1.05. The van der Waals surface area contributed by atoms with Gasteiger partial charge in [0.2, 0.25) is 5.91 Å². The summed E-state index contributed by atoms with van der Waals surface area (Å²) in [6, 6.07) is 1.47. The molecule has 2 heterocycles. The van der Waals surface area contributed by atoms with Crippen LogP contribution < -0.4 is 10.6 Å². The van der Waals surface area contributed by atoms with Crippen LogP contribution in [0.25, 0.3) is 0 Å². The summed E-state index contributed by atoms with van der Waals surface area (Å²) in [5.74, 6) is 1.04. The maximum absolute atomic E-state index is 11.9. The number of thiophene rings is 1. The van der Waals surface area contributed by atoms with Crippen LogP contribution in [0.2, 0.25) is 0 Å². The van der Waals surface area contributed by atoms with Crippen LogP contribution in [-0.2, 0) is 9.53 Å². The van der Waals surface area contributed by atoms with Crippen molar-refractivity contribution < 1.29 is 14.3 Å². The number of rotatable bonds is 4. The third kappa shape index (κ3) is 3.04. The molecular weight excluding hydrogens is 272 g/mol. The van der Waals surface area contributed by atoms with Gasteiger partial charge in [-0.25, -0.2) is 4.79 Å². The third-order valence-corrected chi connectivity index (χ3v) is 4.20. The Balaban J connectivity index is 2.02. The highest BCUT2D eigenvalue weighted by Crippen LogP contribution is 2.24. The zero-order valence-corrected chi connectivity index (χ0v) is 11.5. The summed E-state index contributed by atoms with van der Waals surface area (Å²) < 4.78 is 4.93. The molecule has 1 aliphatic heterocycles. The van der Waals surface area contributed by atoms with Gasteiger partial charge in [0.1, 0.15) is 5.00 Å². The lowest BCUT2D eigenvalue weighted by Gasteiger charge is -2.10. The van der Waals surface area contributed by atoms with E-state index in [9.17, 15) is 9.59 Å².